The number of amides is 1. The lowest BCUT2D eigenvalue weighted by Crippen LogP contribution is -2.31. The van der Waals surface area contributed by atoms with Crippen LogP contribution in [-0.4, -0.2) is 63.3 Å². The number of halogens is 1. The summed E-state index contributed by atoms with van der Waals surface area (Å²) in [7, 11) is -0.447. The number of nitrogens with one attached hydrogen (secondary N) is 1. The number of carbonyl (C=O) groups is 2. The molecule has 0 saturated heterocycles. The summed E-state index contributed by atoms with van der Waals surface area (Å²) in [5.41, 5.74) is 1.57. The van der Waals surface area contributed by atoms with Crippen molar-refractivity contribution in [2.45, 2.75) is 17.9 Å². The summed E-state index contributed by atoms with van der Waals surface area (Å²) in [6, 6.07) is 5.67. The molecule has 2 aromatic rings. The Morgan fingerprint density at radius 3 is 2.38 bits per heavy atom. The fourth-order valence-electron chi connectivity index (χ4n) is 3.60. The number of thiophene rings is 1. The highest BCUT2D eigenvalue weighted by molar-refractivity contribution is 7.89. The summed E-state index contributed by atoms with van der Waals surface area (Å²) >= 11 is 1.36. The zero-order valence-corrected chi connectivity index (χ0v) is 21.5. The smallest absolute Gasteiger partial charge is 0.341 e. The highest BCUT2D eigenvalue weighted by Gasteiger charge is 2.29. The normalized spacial score (nSPS) is 13.5. The van der Waals surface area contributed by atoms with Gasteiger partial charge < -0.3 is 15.0 Å². The van der Waals surface area contributed by atoms with Crippen LogP contribution in [0, 0.1) is 0 Å². The number of hydrogen-bond acceptors (Lipinski definition) is 7. The molecule has 11 heteroatoms. The molecule has 8 nitrogen and oxygen atoms in total. The number of fused-ring (bicyclic) bond motifs is 1. The van der Waals surface area contributed by atoms with Crippen LogP contribution in [-0.2, 0) is 27.7 Å². The van der Waals surface area contributed by atoms with Crippen LogP contribution in [0.4, 0.5) is 5.00 Å². The van der Waals surface area contributed by atoms with Gasteiger partial charge in [-0.2, -0.15) is 4.31 Å². The predicted molar refractivity (Wildman–Crippen MR) is 136 cm³/mol. The molecule has 34 heavy (non-hydrogen) atoms. The van der Waals surface area contributed by atoms with Gasteiger partial charge in [0.05, 0.1) is 17.6 Å². The van der Waals surface area contributed by atoms with E-state index in [1.165, 1.54) is 59.2 Å². The molecule has 0 aliphatic carbocycles. The van der Waals surface area contributed by atoms with Crippen molar-refractivity contribution in [2.24, 2.45) is 0 Å². The quantitative estimate of drug-likeness (QED) is 0.397. The molecule has 1 aliphatic rings. The summed E-state index contributed by atoms with van der Waals surface area (Å²) in [5.74, 6) is -0.927. The highest BCUT2D eigenvalue weighted by atomic mass is 35.5. The van der Waals surface area contributed by atoms with Crippen molar-refractivity contribution in [3.63, 3.8) is 0 Å². The Bertz CT molecular complexity index is 1170. The number of methoxy groups -OCH3 is 1. The molecule has 184 valence electrons. The van der Waals surface area contributed by atoms with Crippen molar-refractivity contribution >= 4 is 50.6 Å². The van der Waals surface area contributed by atoms with E-state index in [9.17, 15) is 18.0 Å². The van der Waals surface area contributed by atoms with Crippen molar-refractivity contribution in [3.8, 4) is 0 Å². The molecule has 0 saturated carbocycles. The van der Waals surface area contributed by atoms with Crippen LogP contribution >= 0.6 is 23.7 Å². The molecule has 0 unspecified atom stereocenters. The molecule has 2 heterocycles. The second kappa shape index (κ2) is 11.8. The summed E-state index contributed by atoms with van der Waals surface area (Å²) in [5, 5.41) is 3.25. The molecule has 0 radical (unpaired) electrons. The van der Waals surface area contributed by atoms with Gasteiger partial charge in [-0.25, -0.2) is 13.2 Å². The fraction of sp³-hybridized carbons (Fsp3) is 0.304. The number of nitrogens with zero attached hydrogens (tertiary/aromatic N) is 2. The lowest BCUT2D eigenvalue weighted by molar-refractivity contribution is 0.0600. The predicted octanol–water partition coefficient (Wildman–Crippen LogP) is 3.56. The topological polar surface area (TPSA) is 96.0 Å². The van der Waals surface area contributed by atoms with E-state index >= 15 is 0 Å². The van der Waals surface area contributed by atoms with E-state index in [1.807, 2.05) is 7.05 Å². The minimum absolute atomic E-state index is 0. The van der Waals surface area contributed by atoms with Crippen LogP contribution in [0.25, 0.3) is 0 Å². The van der Waals surface area contributed by atoms with Gasteiger partial charge in [0.25, 0.3) is 5.91 Å². The molecule has 0 atom stereocenters. The molecule has 1 amide bonds. The Kier molecular flexibility index (Phi) is 9.60. The zero-order chi connectivity index (χ0) is 24.2. The van der Waals surface area contributed by atoms with Crippen LogP contribution in [0.15, 0.2) is 54.5 Å². The third-order valence-corrected chi connectivity index (χ3v) is 8.26. The number of likely N-dealkylation sites (N-methyl/N-ethyl adjacent to an activating group) is 1. The third-order valence-electron chi connectivity index (χ3n) is 5.28. The van der Waals surface area contributed by atoms with Gasteiger partial charge in [0.15, 0.2) is 0 Å². The first-order chi connectivity index (χ1) is 15.7. The number of carbonyl (C=O) groups excluding carboxylic acids is 2. The Morgan fingerprint density at radius 2 is 1.82 bits per heavy atom. The summed E-state index contributed by atoms with van der Waals surface area (Å²) in [6.45, 7) is 8.98. The largest absolute Gasteiger partial charge is 0.465 e. The van der Waals surface area contributed by atoms with Gasteiger partial charge in [-0.15, -0.1) is 36.9 Å². The molecule has 1 N–H and O–H groups in total. The van der Waals surface area contributed by atoms with Gasteiger partial charge in [-0.05, 0) is 43.3 Å². The van der Waals surface area contributed by atoms with Gasteiger partial charge in [0.1, 0.15) is 5.00 Å². The monoisotopic (exact) mass is 525 g/mol. The van der Waals surface area contributed by atoms with E-state index in [4.69, 9.17) is 4.74 Å². The second-order valence-electron chi connectivity index (χ2n) is 7.57. The molecular weight excluding hydrogens is 498 g/mol. The molecule has 1 aliphatic heterocycles. The summed E-state index contributed by atoms with van der Waals surface area (Å²) in [6.07, 6.45) is 3.70. The molecule has 0 spiro atoms. The Morgan fingerprint density at radius 1 is 1.21 bits per heavy atom. The molecule has 1 aromatic carbocycles. The van der Waals surface area contributed by atoms with Crippen LogP contribution in [0.1, 0.15) is 31.2 Å². The number of ether oxygens (including phenoxy) is 1. The highest BCUT2D eigenvalue weighted by Crippen LogP contribution is 2.37. The van der Waals surface area contributed by atoms with Crippen molar-refractivity contribution in [3.05, 3.63) is 71.1 Å². The number of benzene rings is 1. The zero-order valence-electron chi connectivity index (χ0n) is 19.1. The fourth-order valence-corrected chi connectivity index (χ4v) is 6.29. The van der Waals surface area contributed by atoms with Crippen molar-refractivity contribution in [2.75, 3.05) is 39.1 Å². The van der Waals surface area contributed by atoms with E-state index in [2.05, 4.69) is 23.4 Å². The van der Waals surface area contributed by atoms with Crippen molar-refractivity contribution < 1.29 is 22.7 Å². The van der Waals surface area contributed by atoms with E-state index in [0.29, 0.717) is 23.5 Å². The lowest BCUT2D eigenvalue weighted by atomic mass is 10.0. The third kappa shape index (κ3) is 5.76. The van der Waals surface area contributed by atoms with E-state index in [1.54, 1.807) is 0 Å². The number of rotatable bonds is 9. The Hall–Kier alpha value is -2.50. The molecule has 3 rings (SSSR count). The average molecular weight is 526 g/mol. The SMILES string of the molecule is C=CCN(CC=C)S(=O)(=O)c1ccc(C(=O)Nc2sc3c(c2C(=O)OC)CCN(C)C3)cc1.Cl. The molecular formula is C23H28ClN3O5S2. The number of esters is 1. The maximum Gasteiger partial charge on any atom is 0.341 e. The van der Waals surface area contributed by atoms with E-state index in [0.717, 1.165) is 17.0 Å². The molecule has 1 aromatic heterocycles. The van der Waals surface area contributed by atoms with Gasteiger partial charge in [0.2, 0.25) is 10.0 Å². The van der Waals surface area contributed by atoms with Crippen molar-refractivity contribution in [1.29, 1.82) is 0 Å². The number of sulfonamides is 1. The first-order valence-electron chi connectivity index (χ1n) is 10.3. The number of hydrogen-bond donors (Lipinski definition) is 1. The van der Waals surface area contributed by atoms with E-state index in [-0.39, 0.29) is 36.0 Å². The standard InChI is InChI=1S/C23H27N3O5S2.ClH/c1-5-12-26(13-6-2)33(29,30)17-9-7-16(8-10-17)21(27)24-22-20(23(28)31-4)18-11-14-25(3)15-19(18)32-22;/h5-10H,1-2,11-15H2,3-4H3,(H,24,27);1H. The summed E-state index contributed by atoms with van der Waals surface area (Å²) < 4.78 is 31.9. The van der Waals surface area contributed by atoms with Crippen LogP contribution < -0.4 is 5.32 Å². The first-order valence-corrected chi connectivity index (χ1v) is 12.5. The Balaban J connectivity index is 0.00000408. The van der Waals surface area contributed by atoms with Gasteiger partial charge in [-0.1, -0.05) is 12.2 Å². The van der Waals surface area contributed by atoms with Gasteiger partial charge >= 0.3 is 5.97 Å². The van der Waals surface area contributed by atoms with Crippen LogP contribution in [0.2, 0.25) is 0 Å². The van der Waals surface area contributed by atoms with E-state index < -0.39 is 21.9 Å². The lowest BCUT2D eigenvalue weighted by Gasteiger charge is -2.22. The van der Waals surface area contributed by atoms with Gasteiger partial charge in [-0.3, -0.25) is 4.79 Å². The minimum Gasteiger partial charge on any atom is -0.465 e. The van der Waals surface area contributed by atoms with Crippen LogP contribution in [0.3, 0.4) is 0 Å². The molecule has 0 fully saturated rings. The second-order valence-corrected chi connectivity index (χ2v) is 10.6. The van der Waals surface area contributed by atoms with Crippen LogP contribution in [0.5, 0.6) is 0 Å². The minimum atomic E-state index is -3.76. The van der Waals surface area contributed by atoms with Gasteiger partial charge in [0, 0.05) is 36.6 Å². The number of anilines is 1. The average Bonchev–Trinajstić information content (AvgIpc) is 3.15. The molecule has 0 bridgehead atoms. The maximum atomic E-state index is 12.9. The maximum absolute atomic E-state index is 12.9. The first kappa shape index (κ1) is 27.7. The summed E-state index contributed by atoms with van der Waals surface area (Å²) in [4.78, 5) is 28.6. The van der Waals surface area contributed by atoms with Crippen molar-refractivity contribution in [1.82, 2.24) is 9.21 Å². The Labute approximate surface area is 210 Å².